The molecular weight excluding hydrogens is 737 g/mol. The maximum Gasteiger partial charge on any atom is 0.313 e. The van der Waals surface area contributed by atoms with Crippen LogP contribution in [0.3, 0.4) is 0 Å². The maximum absolute atomic E-state index is 12.7. The second kappa shape index (κ2) is 18.2. The Morgan fingerprint density at radius 3 is 1.59 bits per heavy atom. The van der Waals surface area contributed by atoms with Crippen LogP contribution in [0.2, 0.25) is 0 Å². The molecule has 0 saturated heterocycles. The number of benzene rings is 4. The van der Waals surface area contributed by atoms with Crippen molar-refractivity contribution in [2.75, 3.05) is 0 Å². The highest BCUT2D eigenvalue weighted by atomic mass is 16.6. The minimum atomic E-state index is -0.607. The predicted molar refractivity (Wildman–Crippen MR) is 213 cm³/mol. The lowest BCUT2D eigenvalue weighted by Gasteiger charge is -2.11. The minimum Gasteiger partial charge on any atom is -0.490 e. The van der Waals surface area contributed by atoms with E-state index in [-0.39, 0.29) is 36.8 Å². The smallest absolute Gasteiger partial charge is 0.313 e. The number of hydrogen-bond acceptors (Lipinski definition) is 13. The van der Waals surface area contributed by atoms with E-state index < -0.39 is 11.9 Å². The van der Waals surface area contributed by atoms with Gasteiger partial charge in [0, 0.05) is 28.7 Å². The van der Waals surface area contributed by atoms with Crippen molar-refractivity contribution in [1.29, 1.82) is 10.5 Å². The van der Waals surface area contributed by atoms with Crippen molar-refractivity contribution >= 4 is 11.9 Å². The van der Waals surface area contributed by atoms with Crippen LogP contribution in [0.1, 0.15) is 80.3 Å². The van der Waals surface area contributed by atoms with Gasteiger partial charge in [-0.05, 0) is 119 Å². The Hall–Kier alpha value is -7.12. The summed E-state index contributed by atoms with van der Waals surface area (Å²) in [4.78, 5) is 34.5. The summed E-state index contributed by atoms with van der Waals surface area (Å²) in [7, 11) is 0. The first-order chi connectivity index (χ1) is 27.9. The Labute approximate surface area is 336 Å². The van der Waals surface area contributed by atoms with Crippen LogP contribution in [0.15, 0.2) is 81.8 Å². The largest absolute Gasteiger partial charge is 0.490 e. The molecule has 0 amide bonds. The van der Waals surface area contributed by atoms with Gasteiger partial charge >= 0.3 is 11.9 Å². The number of carbonyl (C=O) groups is 2. The Morgan fingerprint density at radius 2 is 1.12 bits per heavy atom. The Morgan fingerprint density at radius 1 is 0.655 bits per heavy atom. The summed E-state index contributed by atoms with van der Waals surface area (Å²) in [6.07, 6.45) is 1.30. The van der Waals surface area contributed by atoms with E-state index in [1.807, 2.05) is 77.9 Å². The number of rotatable bonds is 15. The van der Waals surface area contributed by atoms with Crippen molar-refractivity contribution in [1.82, 2.24) is 20.3 Å². The van der Waals surface area contributed by atoms with Crippen molar-refractivity contribution in [3.8, 4) is 69.3 Å². The molecular formula is C45H42N6O7. The summed E-state index contributed by atoms with van der Waals surface area (Å²) in [5, 5.41) is 27.6. The third kappa shape index (κ3) is 9.63. The average molecular weight is 779 g/mol. The molecule has 4 aromatic carbocycles. The van der Waals surface area contributed by atoms with Gasteiger partial charge in [0.1, 0.15) is 23.6 Å². The molecule has 0 unspecified atom stereocenters. The lowest BCUT2D eigenvalue weighted by Crippen LogP contribution is -2.13. The molecule has 0 bridgehead atoms. The molecule has 6 rings (SSSR count). The van der Waals surface area contributed by atoms with E-state index in [0.29, 0.717) is 64.7 Å². The monoisotopic (exact) mass is 778 g/mol. The molecule has 13 heteroatoms. The molecule has 6 aromatic rings. The second-order valence-electron chi connectivity index (χ2n) is 14.2. The Balaban J connectivity index is 1.01. The molecule has 2 aromatic heterocycles. The van der Waals surface area contributed by atoms with Crippen molar-refractivity contribution < 1.29 is 32.8 Å². The minimum absolute atomic E-state index is 0.0107. The number of carbonyl (C=O) groups excluding carboxylic acids is 2. The first kappa shape index (κ1) is 40.5. The quantitative estimate of drug-likeness (QED) is 0.0710. The zero-order valence-corrected chi connectivity index (χ0v) is 33.2. The molecule has 0 spiro atoms. The maximum atomic E-state index is 12.7. The SMILES string of the molecule is Cc1c(CCCC(=O)OC(=O)CCc2cccc(-c3noc(-c4ccc(OC(C)C)c(C#N)c4)n3)c2C)cccc1-c1noc(-c2ccc(OC(C)C)c(C#N)c2)n1. The molecule has 0 N–H and O–H groups in total. The highest BCUT2D eigenvalue weighted by Gasteiger charge is 2.19. The van der Waals surface area contributed by atoms with Crippen LogP contribution in [0.25, 0.3) is 45.7 Å². The first-order valence-corrected chi connectivity index (χ1v) is 18.9. The van der Waals surface area contributed by atoms with Gasteiger partial charge in [-0.2, -0.15) is 20.5 Å². The number of esters is 2. The topological polar surface area (TPSA) is 187 Å². The summed E-state index contributed by atoms with van der Waals surface area (Å²) < 4.78 is 27.7. The van der Waals surface area contributed by atoms with Gasteiger partial charge in [-0.3, -0.25) is 9.59 Å². The second-order valence-corrected chi connectivity index (χ2v) is 14.2. The number of aromatic nitrogens is 4. The van der Waals surface area contributed by atoms with Crippen LogP contribution in [0, 0.1) is 36.5 Å². The van der Waals surface area contributed by atoms with Gasteiger partial charge in [0.2, 0.25) is 11.6 Å². The van der Waals surface area contributed by atoms with E-state index in [1.54, 1.807) is 36.4 Å². The van der Waals surface area contributed by atoms with E-state index >= 15 is 0 Å². The molecule has 0 fully saturated rings. The predicted octanol–water partition coefficient (Wildman–Crippen LogP) is 9.08. The number of nitrogens with zero attached hydrogens (tertiary/aromatic N) is 6. The van der Waals surface area contributed by atoms with Gasteiger partial charge < -0.3 is 23.3 Å². The van der Waals surface area contributed by atoms with Crippen molar-refractivity contribution in [3.05, 3.63) is 106 Å². The lowest BCUT2D eigenvalue weighted by atomic mass is 9.98. The highest BCUT2D eigenvalue weighted by Crippen LogP contribution is 2.32. The van der Waals surface area contributed by atoms with Gasteiger partial charge in [0.25, 0.3) is 11.8 Å². The van der Waals surface area contributed by atoms with Crippen LogP contribution in [0.5, 0.6) is 11.5 Å². The number of nitriles is 2. The van der Waals surface area contributed by atoms with E-state index in [1.165, 1.54) is 0 Å². The zero-order valence-electron chi connectivity index (χ0n) is 33.2. The third-order valence-electron chi connectivity index (χ3n) is 9.30. The van der Waals surface area contributed by atoms with Crippen LogP contribution < -0.4 is 9.47 Å². The summed E-state index contributed by atoms with van der Waals surface area (Å²) in [5.41, 5.74) is 7.09. The number of ether oxygens (including phenoxy) is 3. The van der Waals surface area contributed by atoms with Crippen molar-refractivity contribution in [2.45, 2.75) is 85.9 Å². The highest BCUT2D eigenvalue weighted by molar-refractivity contribution is 5.85. The summed E-state index contributed by atoms with van der Waals surface area (Å²) in [5.74, 6) is 1.07. The molecule has 0 aliphatic heterocycles. The van der Waals surface area contributed by atoms with E-state index in [9.17, 15) is 20.1 Å². The van der Waals surface area contributed by atoms with Gasteiger partial charge in [-0.15, -0.1) is 0 Å². The average Bonchev–Trinajstić information content (AvgIpc) is 3.89. The fraction of sp³-hybridized carbons (Fsp3) is 0.289. The van der Waals surface area contributed by atoms with Crippen LogP contribution in [-0.4, -0.2) is 44.4 Å². The summed E-state index contributed by atoms with van der Waals surface area (Å²) in [6.45, 7) is 11.4. The molecule has 58 heavy (non-hydrogen) atoms. The molecule has 0 radical (unpaired) electrons. The fourth-order valence-corrected chi connectivity index (χ4v) is 6.40. The lowest BCUT2D eigenvalue weighted by molar-refractivity contribution is -0.159. The molecule has 0 saturated carbocycles. The van der Waals surface area contributed by atoms with Gasteiger partial charge in [0.05, 0.1) is 29.8 Å². The van der Waals surface area contributed by atoms with Crippen LogP contribution in [0.4, 0.5) is 0 Å². The molecule has 0 aliphatic carbocycles. The van der Waals surface area contributed by atoms with Crippen molar-refractivity contribution in [2.24, 2.45) is 0 Å². The summed E-state index contributed by atoms with van der Waals surface area (Å²) >= 11 is 0. The standard InChI is InChI=1S/C45H42N6O7/c1-26(2)54-38-19-16-32(22-34(38)24-46)44-48-42(50-57-44)36-13-7-10-30(28(36)5)12-9-15-40(52)56-41(53)21-18-31-11-8-14-37(29(31)6)43-49-45(58-51-43)33-17-20-39(55-27(3)4)35(23-33)25-47/h7-8,10-11,13-14,16-17,19-20,22-23,26-27H,9,12,15,18,21H2,1-6H3. The van der Waals surface area contributed by atoms with E-state index in [2.05, 4.69) is 32.4 Å². The molecule has 0 aliphatic rings. The number of aryl methyl sites for hydroxylation is 2. The zero-order chi connectivity index (χ0) is 41.3. The van der Waals surface area contributed by atoms with Gasteiger partial charge in [-0.25, -0.2) is 0 Å². The van der Waals surface area contributed by atoms with E-state index in [4.69, 9.17) is 23.3 Å². The third-order valence-corrected chi connectivity index (χ3v) is 9.30. The Kier molecular flexibility index (Phi) is 12.7. The molecule has 0 atom stereocenters. The van der Waals surface area contributed by atoms with Gasteiger partial charge in [0.15, 0.2) is 0 Å². The van der Waals surface area contributed by atoms with Crippen molar-refractivity contribution in [3.63, 3.8) is 0 Å². The molecule has 13 nitrogen and oxygen atoms in total. The number of hydrogen-bond donors (Lipinski definition) is 0. The van der Waals surface area contributed by atoms with Gasteiger partial charge in [-0.1, -0.05) is 46.7 Å². The van der Waals surface area contributed by atoms with Crippen LogP contribution >= 0.6 is 0 Å². The van der Waals surface area contributed by atoms with E-state index in [0.717, 1.165) is 33.4 Å². The molecule has 294 valence electrons. The first-order valence-electron chi connectivity index (χ1n) is 18.9. The van der Waals surface area contributed by atoms with Crippen LogP contribution in [-0.2, 0) is 27.2 Å². The fourth-order valence-electron chi connectivity index (χ4n) is 6.40. The summed E-state index contributed by atoms with van der Waals surface area (Å²) in [6, 6.07) is 25.9. The molecule has 2 heterocycles. The normalized spacial score (nSPS) is 11.0. The Bertz CT molecular complexity index is 2540.